The van der Waals surface area contributed by atoms with Crippen LogP contribution in [0.15, 0.2) is 23.1 Å². The van der Waals surface area contributed by atoms with Crippen molar-refractivity contribution in [2.45, 2.75) is 70.6 Å². The third-order valence-electron chi connectivity index (χ3n) is 5.35. The average Bonchev–Trinajstić information content (AvgIpc) is 2.69. The molecule has 0 spiro atoms. The minimum absolute atomic E-state index is 0.0686. The lowest BCUT2D eigenvalue weighted by molar-refractivity contribution is -0.116. The fraction of sp³-hybridized carbons (Fsp3) is 0.667. The van der Waals surface area contributed by atoms with E-state index in [2.05, 4.69) is 5.32 Å². The Morgan fingerprint density at radius 1 is 1.14 bits per heavy atom. The third kappa shape index (κ3) is 5.95. The van der Waals surface area contributed by atoms with Gasteiger partial charge in [-0.1, -0.05) is 46.0 Å². The highest BCUT2D eigenvalue weighted by atomic mass is 32.2. The first-order valence-electron chi connectivity index (χ1n) is 10.5. The summed E-state index contributed by atoms with van der Waals surface area (Å²) >= 11 is 0. The van der Waals surface area contributed by atoms with Crippen LogP contribution in [0.2, 0.25) is 0 Å². The predicted octanol–water partition coefficient (Wildman–Crippen LogP) is 4.41. The number of hydrogen-bond donors (Lipinski definition) is 1. The Kier molecular flexibility index (Phi) is 8.76. The van der Waals surface area contributed by atoms with Gasteiger partial charge in [0.15, 0.2) is 0 Å². The Morgan fingerprint density at radius 3 is 2.43 bits per heavy atom. The molecular weight excluding hydrogens is 376 g/mol. The second kappa shape index (κ2) is 10.8. The molecule has 0 unspecified atom stereocenters. The number of ether oxygens (including phenoxy) is 1. The van der Waals surface area contributed by atoms with E-state index in [9.17, 15) is 13.2 Å². The molecule has 0 heterocycles. The molecule has 1 fully saturated rings. The Balaban J connectivity index is 2.13. The number of carbonyl (C=O) groups is 1. The Labute approximate surface area is 169 Å². The average molecular weight is 411 g/mol. The monoisotopic (exact) mass is 410 g/mol. The maximum atomic E-state index is 13.0. The van der Waals surface area contributed by atoms with Gasteiger partial charge in [-0.05, 0) is 37.5 Å². The van der Waals surface area contributed by atoms with Crippen LogP contribution in [0.4, 0.5) is 5.69 Å². The van der Waals surface area contributed by atoms with Gasteiger partial charge in [-0.3, -0.25) is 4.79 Å². The molecule has 158 valence electrons. The number of amides is 1. The number of benzene rings is 1. The van der Waals surface area contributed by atoms with Crippen molar-refractivity contribution in [3.8, 4) is 5.75 Å². The number of anilines is 1. The van der Waals surface area contributed by atoms with Gasteiger partial charge in [-0.2, -0.15) is 4.31 Å². The summed E-state index contributed by atoms with van der Waals surface area (Å²) in [6.07, 6.45) is 7.61. The van der Waals surface area contributed by atoms with Crippen molar-refractivity contribution < 1.29 is 17.9 Å². The molecular formula is C21H34N2O4S. The SMILES string of the molecule is CCOc1ccc(NC(=O)CCC2CCCCC2)cc1S(=O)(=O)N(CC)CC. The molecule has 1 amide bonds. The first-order chi connectivity index (χ1) is 13.4. The predicted molar refractivity (Wildman–Crippen MR) is 112 cm³/mol. The number of carbonyl (C=O) groups excluding carboxylic acids is 1. The minimum atomic E-state index is -3.68. The highest BCUT2D eigenvalue weighted by Gasteiger charge is 2.26. The number of nitrogens with zero attached hydrogens (tertiary/aromatic N) is 1. The van der Waals surface area contributed by atoms with Gasteiger partial charge in [-0.25, -0.2) is 8.42 Å². The molecule has 0 aliphatic heterocycles. The van der Waals surface area contributed by atoms with Gasteiger partial charge >= 0.3 is 0 Å². The van der Waals surface area contributed by atoms with Crippen LogP contribution < -0.4 is 10.1 Å². The molecule has 0 saturated heterocycles. The van der Waals surface area contributed by atoms with Gasteiger partial charge in [0, 0.05) is 25.2 Å². The van der Waals surface area contributed by atoms with Gasteiger partial charge in [-0.15, -0.1) is 0 Å². The minimum Gasteiger partial charge on any atom is -0.492 e. The lowest BCUT2D eigenvalue weighted by Crippen LogP contribution is -2.31. The molecule has 0 bridgehead atoms. The summed E-state index contributed by atoms with van der Waals surface area (Å²) in [4.78, 5) is 12.5. The summed E-state index contributed by atoms with van der Waals surface area (Å²) in [6.45, 7) is 6.55. The molecule has 2 rings (SSSR count). The second-order valence-electron chi connectivity index (χ2n) is 7.27. The summed E-state index contributed by atoms with van der Waals surface area (Å²) in [7, 11) is -3.68. The van der Waals surface area contributed by atoms with E-state index in [1.807, 2.05) is 6.92 Å². The zero-order valence-electron chi connectivity index (χ0n) is 17.4. The van der Waals surface area contributed by atoms with Crippen LogP contribution >= 0.6 is 0 Å². The molecule has 7 heteroatoms. The van der Waals surface area contributed by atoms with Crippen molar-refractivity contribution in [3.63, 3.8) is 0 Å². The largest absolute Gasteiger partial charge is 0.492 e. The molecule has 1 aliphatic carbocycles. The van der Waals surface area contributed by atoms with E-state index in [4.69, 9.17) is 4.74 Å². The number of sulfonamides is 1. The highest BCUT2D eigenvalue weighted by Crippen LogP contribution is 2.31. The van der Waals surface area contributed by atoms with Crippen LogP contribution in [0, 0.1) is 5.92 Å². The maximum Gasteiger partial charge on any atom is 0.246 e. The summed E-state index contributed by atoms with van der Waals surface area (Å²) < 4.78 is 32.9. The molecule has 0 atom stereocenters. The molecule has 28 heavy (non-hydrogen) atoms. The lowest BCUT2D eigenvalue weighted by atomic mass is 9.86. The van der Waals surface area contributed by atoms with Crippen LogP contribution in [0.25, 0.3) is 0 Å². The van der Waals surface area contributed by atoms with Crippen molar-refractivity contribution in [1.29, 1.82) is 0 Å². The molecule has 1 aromatic carbocycles. The number of nitrogens with one attached hydrogen (secondary N) is 1. The smallest absolute Gasteiger partial charge is 0.246 e. The van der Waals surface area contributed by atoms with Crippen molar-refractivity contribution in [2.24, 2.45) is 5.92 Å². The Morgan fingerprint density at radius 2 is 1.82 bits per heavy atom. The van der Waals surface area contributed by atoms with Crippen LogP contribution in [0.5, 0.6) is 5.75 Å². The topological polar surface area (TPSA) is 75.7 Å². The van der Waals surface area contributed by atoms with Crippen LogP contribution in [-0.4, -0.2) is 38.3 Å². The quantitative estimate of drug-likeness (QED) is 0.620. The van der Waals surface area contributed by atoms with Crippen molar-refractivity contribution in [2.75, 3.05) is 25.0 Å². The van der Waals surface area contributed by atoms with Crippen LogP contribution in [0.1, 0.15) is 65.7 Å². The maximum absolute atomic E-state index is 13.0. The standard InChI is InChI=1S/C21H34N2O4S/c1-4-23(5-2)28(25,26)20-16-18(13-14-19(20)27-6-3)22-21(24)15-12-17-10-8-7-9-11-17/h13-14,16-17H,4-12,15H2,1-3H3,(H,22,24). The summed E-state index contributed by atoms with van der Waals surface area (Å²) in [5.41, 5.74) is 0.489. The molecule has 1 saturated carbocycles. The second-order valence-corrected chi connectivity index (χ2v) is 9.18. The van der Waals surface area contributed by atoms with E-state index >= 15 is 0 Å². The van der Waals surface area contributed by atoms with Crippen LogP contribution in [-0.2, 0) is 14.8 Å². The number of hydrogen-bond acceptors (Lipinski definition) is 4. The van der Waals surface area contributed by atoms with E-state index in [1.165, 1.54) is 42.5 Å². The van der Waals surface area contributed by atoms with Gasteiger partial charge in [0.1, 0.15) is 10.6 Å². The summed E-state index contributed by atoms with van der Waals surface area (Å²) in [5, 5.41) is 2.86. The molecule has 1 aromatic rings. The van der Waals surface area contributed by atoms with Crippen molar-refractivity contribution in [1.82, 2.24) is 4.31 Å². The first kappa shape index (κ1) is 22.7. The van der Waals surface area contributed by atoms with Crippen molar-refractivity contribution in [3.05, 3.63) is 18.2 Å². The van der Waals surface area contributed by atoms with Gasteiger partial charge in [0.05, 0.1) is 6.61 Å². The molecule has 6 nitrogen and oxygen atoms in total. The van der Waals surface area contributed by atoms with Gasteiger partial charge in [0.2, 0.25) is 15.9 Å². The fourth-order valence-corrected chi connectivity index (χ4v) is 5.41. The number of rotatable bonds is 10. The Bertz CT molecular complexity index is 739. The van der Waals surface area contributed by atoms with Gasteiger partial charge < -0.3 is 10.1 Å². The molecule has 0 aromatic heterocycles. The zero-order chi connectivity index (χ0) is 20.6. The third-order valence-corrected chi connectivity index (χ3v) is 7.43. The normalized spacial score (nSPS) is 15.6. The summed E-state index contributed by atoms with van der Waals surface area (Å²) in [6, 6.07) is 4.83. The van der Waals surface area contributed by atoms with E-state index in [1.54, 1.807) is 26.0 Å². The molecule has 1 N–H and O–H groups in total. The Hall–Kier alpha value is -1.60. The van der Waals surface area contributed by atoms with Crippen LogP contribution in [0.3, 0.4) is 0 Å². The fourth-order valence-electron chi connectivity index (χ4n) is 3.80. The first-order valence-corrected chi connectivity index (χ1v) is 11.9. The van der Waals surface area contributed by atoms with E-state index in [0.717, 1.165) is 6.42 Å². The highest BCUT2D eigenvalue weighted by molar-refractivity contribution is 7.89. The van der Waals surface area contributed by atoms with Gasteiger partial charge in [0.25, 0.3) is 0 Å². The zero-order valence-corrected chi connectivity index (χ0v) is 18.2. The molecule has 0 radical (unpaired) electrons. The summed E-state index contributed by atoms with van der Waals surface area (Å²) in [5.74, 6) is 0.883. The molecule has 1 aliphatic rings. The van der Waals surface area contributed by atoms with E-state index in [-0.39, 0.29) is 10.8 Å². The lowest BCUT2D eigenvalue weighted by Gasteiger charge is -2.22. The van der Waals surface area contributed by atoms with E-state index < -0.39 is 10.0 Å². The van der Waals surface area contributed by atoms with Crippen molar-refractivity contribution >= 4 is 21.6 Å². The van der Waals surface area contributed by atoms with E-state index in [0.29, 0.717) is 43.5 Å².